The van der Waals surface area contributed by atoms with Gasteiger partial charge in [-0.1, -0.05) is 108 Å². The van der Waals surface area contributed by atoms with Crippen molar-refractivity contribution in [3.63, 3.8) is 0 Å². The van der Waals surface area contributed by atoms with Crippen LogP contribution in [0.3, 0.4) is 0 Å². The Hall–Kier alpha value is -8.94. The van der Waals surface area contributed by atoms with Crippen molar-refractivity contribution in [2.45, 2.75) is 19.3 Å². The Morgan fingerprint density at radius 2 is 0.507 bits per heavy atom. The molecular weight excluding hydrogens is 995 g/mol. The highest BCUT2D eigenvalue weighted by atomic mass is 35.5. The molecule has 0 spiro atoms. The number of benzene rings is 6. The minimum Gasteiger partial charge on any atom is -0.338 e. The van der Waals surface area contributed by atoms with E-state index in [0.29, 0.717) is 15.1 Å². The van der Waals surface area contributed by atoms with Crippen molar-refractivity contribution in [2.24, 2.45) is 0 Å². The lowest BCUT2D eigenvalue weighted by Crippen LogP contribution is -2.02. The monoisotopic (exact) mass is 1040 g/mol. The van der Waals surface area contributed by atoms with Gasteiger partial charge in [-0.2, -0.15) is 15.3 Å². The second kappa shape index (κ2) is 24.2. The molecule has 6 aromatic carbocycles. The van der Waals surface area contributed by atoms with Crippen molar-refractivity contribution in [2.75, 3.05) is 16.0 Å². The average Bonchev–Trinajstić information content (AvgIpc) is 3.46. The normalized spacial score (nSPS) is 10.8. The van der Waals surface area contributed by atoms with E-state index in [1.807, 2.05) is 146 Å². The summed E-state index contributed by atoms with van der Waals surface area (Å²) in [6, 6.07) is 59.0. The average molecular weight is 1040 g/mol. The van der Waals surface area contributed by atoms with Gasteiger partial charge < -0.3 is 16.0 Å². The van der Waals surface area contributed by atoms with Gasteiger partial charge in [-0.3, -0.25) is 15.0 Å². The number of halogens is 3. The van der Waals surface area contributed by atoms with Crippen molar-refractivity contribution in [1.82, 2.24) is 45.5 Å². The summed E-state index contributed by atoms with van der Waals surface area (Å²) in [5.41, 5.74) is 9.09. The van der Waals surface area contributed by atoms with Crippen LogP contribution >= 0.6 is 34.8 Å². The highest BCUT2D eigenvalue weighted by molar-refractivity contribution is 6.31. The molecule has 75 heavy (non-hydrogen) atoms. The second-order valence-electron chi connectivity index (χ2n) is 17.1. The molecule has 0 unspecified atom stereocenters. The molecule has 366 valence electrons. The third kappa shape index (κ3) is 13.0. The SMILES string of the molecule is Clc1ccc(Nc2nnc(Cc3ccncc3)c3ccccc23)cc1.Clc1ccc(Nc2nnc(Cc3ccncc3)c3ccccc23)cc1.Clc1ccc(Nc2nnc(Cc3ccncc3)c3ccccc23)cc1. The van der Waals surface area contributed by atoms with Crippen LogP contribution in [0.15, 0.2) is 219 Å². The summed E-state index contributed by atoms with van der Waals surface area (Å²) in [6.07, 6.45) is 12.9. The first-order valence-electron chi connectivity index (χ1n) is 23.9. The Balaban J connectivity index is 0.000000128. The number of rotatable bonds is 12. The lowest BCUT2D eigenvalue weighted by molar-refractivity contribution is 0.960. The number of nitrogens with zero attached hydrogens (tertiary/aromatic N) is 9. The minimum absolute atomic E-state index is 0.703. The molecule has 0 bridgehead atoms. The number of hydrogen-bond acceptors (Lipinski definition) is 12. The number of hydrogen-bond donors (Lipinski definition) is 3. The van der Waals surface area contributed by atoms with Crippen LogP contribution in [-0.4, -0.2) is 45.5 Å². The van der Waals surface area contributed by atoms with Gasteiger partial charge in [0.25, 0.3) is 0 Å². The van der Waals surface area contributed by atoms with Crippen LogP contribution in [0.5, 0.6) is 0 Å². The summed E-state index contributed by atoms with van der Waals surface area (Å²) in [5.74, 6) is 2.20. The summed E-state index contributed by atoms with van der Waals surface area (Å²) in [4.78, 5) is 12.2. The molecular formula is C60H45Cl3N12. The van der Waals surface area contributed by atoms with Crippen molar-refractivity contribution in [1.29, 1.82) is 0 Å². The Kier molecular flexibility index (Phi) is 16.0. The molecule has 0 atom stereocenters. The molecule has 15 heteroatoms. The molecule has 6 heterocycles. The fourth-order valence-electron chi connectivity index (χ4n) is 8.24. The van der Waals surface area contributed by atoms with Crippen LogP contribution in [0.2, 0.25) is 15.1 Å². The van der Waals surface area contributed by atoms with Gasteiger partial charge >= 0.3 is 0 Å². The highest BCUT2D eigenvalue weighted by Gasteiger charge is 2.13. The van der Waals surface area contributed by atoms with E-state index in [1.54, 1.807) is 37.2 Å². The van der Waals surface area contributed by atoms with Crippen LogP contribution in [0, 0.1) is 0 Å². The van der Waals surface area contributed by atoms with Gasteiger partial charge in [0.2, 0.25) is 0 Å². The molecule has 0 radical (unpaired) electrons. The van der Waals surface area contributed by atoms with E-state index in [9.17, 15) is 0 Å². The zero-order valence-corrected chi connectivity index (χ0v) is 42.3. The maximum absolute atomic E-state index is 5.95. The summed E-state index contributed by atoms with van der Waals surface area (Å²) < 4.78 is 0. The Morgan fingerprint density at radius 3 is 0.760 bits per heavy atom. The highest BCUT2D eigenvalue weighted by Crippen LogP contribution is 2.31. The predicted octanol–water partition coefficient (Wildman–Crippen LogP) is 15.0. The van der Waals surface area contributed by atoms with Gasteiger partial charge in [0.1, 0.15) is 0 Å². The van der Waals surface area contributed by atoms with Crippen molar-refractivity contribution in [3.8, 4) is 0 Å². The maximum atomic E-state index is 5.95. The summed E-state index contributed by atoms with van der Waals surface area (Å²) in [5, 5.41) is 45.1. The van der Waals surface area contributed by atoms with Gasteiger partial charge in [0, 0.05) is 121 Å². The maximum Gasteiger partial charge on any atom is 0.160 e. The quantitative estimate of drug-likeness (QED) is 0.107. The molecule has 0 saturated carbocycles. The Labute approximate surface area is 447 Å². The smallest absolute Gasteiger partial charge is 0.160 e. The molecule has 0 fully saturated rings. The molecule has 6 aromatic heterocycles. The van der Waals surface area contributed by atoms with E-state index in [4.69, 9.17) is 34.8 Å². The van der Waals surface area contributed by atoms with Crippen LogP contribution in [0.4, 0.5) is 34.5 Å². The van der Waals surface area contributed by atoms with E-state index in [0.717, 1.165) is 120 Å². The first kappa shape index (κ1) is 49.6. The predicted molar refractivity (Wildman–Crippen MR) is 304 cm³/mol. The van der Waals surface area contributed by atoms with E-state index < -0.39 is 0 Å². The van der Waals surface area contributed by atoms with Crippen LogP contribution in [-0.2, 0) is 19.3 Å². The lowest BCUT2D eigenvalue weighted by atomic mass is 10.0. The van der Waals surface area contributed by atoms with Crippen molar-refractivity contribution >= 4 is 102 Å². The molecule has 0 saturated heterocycles. The molecule has 0 aliphatic heterocycles. The van der Waals surface area contributed by atoms with Gasteiger partial charge in [0.05, 0.1) is 17.1 Å². The molecule has 12 nitrogen and oxygen atoms in total. The standard InChI is InChI=1S/3C20H15ClN4/c3*21-15-5-7-16(8-6-15)23-20-18-4-2-1-3-17(18)19(24-25-20)13-14-9-11-22-12-10-14/h3*1-12H,13H2,(H,23,25). The summed E-state index contributed by atoms with van der Waals surface area (Å²) in [7, 11) is 0. The number of nitrogens with one attached hydrogen (secondary N) is 3. The van der Waals surface area contributed by atoms with Crippen LogP contribution in [0.25, 0.3) is 32.3 Å². The van der Waals surface area contributed by atoms with E-state index in [1.165, 1.54) is 0 Å². The molecule has 12 aromatic rings. The van der Waals surface area contributed by atoms with Gasteiger partial charge in [0.15, 0.2) is 17.5 Å². The summed E-state index contributed by atoms with van der Waals surface area (Å²) >= 11 is 17.8. The largest absolute Gasteiger partial charge is 0.338 e. The van der Waals surface area contributed by atoms with Crippen molar-refractivity contribution in [3.05, 3.63) is 268 Å². The Bertz CT molecular complexity index is 3400. The fraction of sp³-hybridized carbons (Fsp3) is 0.0500. The first-order valence-corrected chi connectivity index (χ1v) is 25.0. The van der Waals surface area contributed by atoms with E-state index >= 15 is 0 Å². The second-order valence-corrected chi connectivity index (χ2v) is 18.4. The molecule has 0 aliphatic carbocycles. The van der Waals surface area contributed by atoms with Gasteiger partial charge in [-0.15, -0.1) is 15.3 Å². The van der Waals surface area contributed by atoms with Crippen molar-refractivity contribution < 1.29 is 0 Å². The zero-order valence-electron chi connectivity index (χ0n) is 40.1. The van der Waals surface area contributed by atoms with Crippen LogP contribution < -0.4 is 16.0 Å². The Morgan fingerprint density at radius 1 is 0.267 bits per heavy atom. The fourth-order valence-corrected chi connectivity index (χ4v) is 8.62. The molecule has 0 amide bonds. The number of aromatic nitrogens is 9. The van der Waals surface area contributed by atoms with E-state index in [2.05, 4.69) is 97.9 Å². The third-order valence-corrected chi connectivity index (χ3v) is 12.7. The molecule has 3 N–H and O–H groups in total. The number of anilines is 6. The van der Waals surface area contributed by atoms with E-state index in [-0.39, 0.29) is 0 Å². The first-order chi connectivity index (χ1) is 36.9. The summed E-state index contributed by atoms with van der Waals surface area (Å²) in [6.45, 7) is 0. The molecule has 12 rings (SSSR count). The van der Waals surface area contributed by atoms with Crippen LogP contribution in [0.1, 0.15) is 33.8 Å². The zero-order chi connectivity index (χ0) is 51.2. The minimum atomic E-state index is 0.703. The number of fused-ring (bicyclic) bond motifs is 3. The topological polar surface area (TPSA) is 152 Å². The van der Waals surface area contributed by atoms with Gasteiger partial charge in [-0.25, -0.2) is 0 Å². The number of pyridine rings is 3. The lowest BCUT2D eigenvalue weighted by Gasteiger charge is -2.11. The molecule has 0 aliphatic rings. The van der Waals surface area contributed by atoms with Gasteiger partial charge in [-0.05, 0) is 126 Å². The third-order valence-electron chi connectivity index (χ3n) is 12.0.